The lowest BCUT2D eigenvalue weighted by atomic mass is 9.62. The zero-order valence-corrected chi connectivity index (χ0v) is 8.09. The first-order valence-electron chi connectivity index (χ1n) is 5.05. The maximum absolute atomic E-state index is 2.41. The van der Waals surface area contributed by atoms with Crippen molar-refractivity contribution in [2.75, 3.05) is 0 Å². The van der Waals surface area contributed by atoms with Crippen LogP contribution in [0.15, 0.2) is 24.3 Å². The SMILES string of the molecule is CC1(C)CCCC2C=CC=CC21. The third-order valence-electron chi connectivity index (χ3n) is 3.51. The predicted octanol–water partition coefficient (Wildman–Crippen LogP) is 3.55. The molecule has 0 N–H and O–H groups in total. The van der Waals surface area contributed by atoms with Gasteiger partial charge in [0.1, 0.15) is 0 Å². The van der Waals surface area contributed by atoms with Crippen LogP contribution in [0.4, 0.5) is 0 Å². The second-order valence-electron chi connectivity index (χ2n) is 4.84. The van der Waals surface area contributed by atoms with E-state index in [0.717, 1.165) is 11.8 Å². The summed E-state index contributed by atoms with van der Waals surface area (Å²) < 4.78 is 0. The molecule has 0 spiro atoms. The van der Waals surface area contributed by atoms with Crippen molar-refractivity contribution in [3.63, 3.8) is 0 Å². The smallest absolute Gasteiger partial charge is 0.0116 e. The summed E-state index contributed by atoms with van der Waals surface area (Å²) in [6, 6.07) is 0. The van der Waals surface area contributed by atoms with Gasteiger partial charge in [-0.3, -0.25) is 0 Å². The third kappa shape index (κ3) is 1.24. The maximum Gasteiger partial charge on any atom is -0.0116 e. The molecule has 12 heavy (non-hydrogen) atoms. The Hall–Kier alpha value is -0.520. The van der Waals surface area contributed by atoms with Gasteiger partial charge in [-0.15, -0.1) is 0 Å². The van der Waals surface area contributed by atoms with Crippen molar-refractivity contribution in [2.45, 2.75) is 33.1 Å². The molecule has 0 radical (unpaired) electrons. The van der Waals surface area contributed by atoms with Gasteiger partial charge in [0.25, 0.3) is 0 Å². The molecule has 1 fully saturated rings. The molecule has 2 rings (SSSR count). The summed E-state index contributed by atoms with van der Waals surface area (Å²) in [5.74, 6) is 1.63. The fourth-order valence-electron chi connectivity index (χ4n) is 2.73. The first-order chi connectivity index (χ1) is 5.70. The lowest BCUT2D eigenvalue weighted by Crippen LogP contribution is -2.33. The summed E-state index contributed by atoms with van der Waals surface area (Å²) in [6.45, 7) is 4.82. The Kier molecular flexibility index (Phi) is 1.86. The normalized spacial score (nSPS) is 37.8. The highest BCUT2D eigenvalue weighted by Gasteiger charge is 2.36. The second-order valence-corrected chi connectivity index (χ2v) is 4.84. The monoisotopic (exact) mass is 162 g/mol. The molecule has 0 amide bonds. The lowest BCUT2D eigenvalue weighted by Gasteiger charge is -2.42. The highest BCUT2D eigenvalue weighted by molar-refractivity contribution is 5.17. The molecule has 2 atom stereocenters. The minimum Gasteiger partial charge on any atom is -0.0808 e. The number of allylic oxidation sites excluding steroid dienone is 4. The van der Waals surface area contributed by atoms with E-state index in [2.05, 4.69) is 38.2 Å². The first-order valence-corrected chi connectivity index (χ1v) is 5.05. The summed E-state index contributed by atoms with van der Waals surface area (Å²) in [4.78, 5) is 0. The van der Waals surface area contributed by atoms with E-state index < -0.39 is 0 Å². The Bertz CT molecular complexity index is 220. The van der Waals surface area contributed by atoms with E-state index in [1.807, 2.05) is 0 Å². The van der Waals surface area contributed by atoms with Gasteiger partial charge in [-0.25, -0.2) is 0 Å². The van der Waals surface area contributed by atoms with E-state index in [4.69, 9.17) is 0 Å². The van der Waals surface area contributed by atoms with Crippen LogP contribution in [0.25, 0.3) is 0 Å². The first kappa shape index (κ1) is 8.10. The Labute approximate surface area is 75.4 Å². The van der Waals surface area contributed by atoms with Gasteiger partial charge in [0.15, 0.2) is 0 Å². The summed E-state index contributed by atoms with van der Waals surface area (Å²) in [6.07, 6.45) is 13.4. The van der Waals surface area contributed by atoms with E-state index >= 15 is 0 Å². The van der Waals surface area contributed by atoms with E-state index in [1.54, 1.807) is 0 Å². The molecule has 2 aliphatic rings. The highest BCUT2D eigenvalue weighted by Crippen LogP contribution is 2.46. The molecular formula is C12H18. The predicted molar refractivity (Wildman–Crippen MR) is 52.9 cm³/mol. The van der Waals surface area contributed by atoms with Crippen LogP contribution >= 0.6 is 0 Å². The van der Waals surface area contributed by atoms with E-state index in [-0.39, 0.29) is 0 Å². The fraction of sp³-hybridized carbons (Fsp3) is 0.667. The van der Waals surface area contributed by atoms with Gasteiger partial charge < -0.3 is 0 Å². The topological polar surface area (TPSA) is 0 Å². The largest absolute Gasteiger partial charge is 0.0808 e. The van der Waals surface area contributed by atoms with Gasteiger partial charge in [0.05, 0.1) is 0 Å². The second kappa shape index (κ2) is 2.76. The van der Waals surface area contributed by atoms with Gasteiger partial charge >= 0.3 is 0 Å². The highest BCUT2D eigenvalue weighted by atomic mass is 14.4. The van der Waals surface area contributed by atoms with E-state index in [0.29, 0.717) is 5.41 Å². The molecule has 0 heteroatoms. The van der Waals surface area contributed by atoms with Gasteiger partial charge in [-0.2, -0.15) is 0 Å². The lowest BCUT2D eigenvalue weighted by molar-refractivity contribution is 0.136. The molecule has 0 heterocycles. The molecule has 1 saturated carbocycles. The molecule has 0 aliphatic heterocycles. The number of fused-ring (bicyclic) bond motifs is 1. The Balaban J connectivity index is 2.23. The average molecular weight is 162 g/mol. The quantitative estimate of drug-likeness (QED) is 0.511. The summed E-state index contributed by atoms with van der Waals surface area (Å²) in [5.41, 5.74) is 0.532. The van der Waals surface area contributed by atoms with Gasteiger partial charge in [-0.1, -0.05) is 44.6 Å². The molecule has 0 aromatic heterocycles. The van der Waals surface area contributed by atoms with Crippen LogP contribution in [0.2, 0.25) is 0 Å². The van der Waals surface area contributed by atoms with Crippen LogP contribution in [0.1, 0.15) is 33.1 Å². The van der Waals surface area contributed by atoms with Gasteiger partial charge in [-0.05, 0) is 30.1 Å². The van der Waals surface area contributed by atoms with Gasteiger partial charge in [0, 0.05) is 0 Å². The van der Waals surface area contributed by atoms with Crippen molar-refractivity contribution in [1.29, 1.82) is 0 Å². The maximum atomic E-state index is 2.41. The van der Waals surface area contributed by atoms with Crippen LogP contribution < -0.4 is 0 Å². The van der Waals surface area contributed by atoms with Crippen LogP contribution in [-0.2, 0) is 0 Å². The molecule has 66 valence electrons. The van der Waals surface area contributed by atoms with Crippen molar-refractivity contribution >= 4 is 0 Å². The van der Waals surface area contributed by atoms with E-state index in [9.17, 15) is 0 Å². The Morgan fingerprint density at radius 1 is 1.17 bits per heavy atom. The van der Waals surface area contributed by atoms with Crippen LogP contribution in [0.3, 0.4) is 0 Å². The zero-order valence-electron chi connectivity index (χ0n) is 8.09. The number of rotatable bonds is 0. The van der Waals surface area contributed by atoms with Crippen molar-refractivity contribution in [3.05, 3.63) is 24.3 Å². The minimum atomic E-state index is 0.532. The molecule has 0 aromatic rings. The zero-order chi connectivity index (χ0) is 8.60. The molecular weight excluding hydrogens is 144 g/mol. The molecule has 0 bridgehead atoms. The Morgan fingerprint density at radius 2 is 1.92 bits per heavy atom. The van der Waals surface area contributed by atoms with Crippen molar-refractivity contribution in [3.8, 4) is 0 Å². The third-order valence-corrected chi connectivity index (χ3v) is 3.51. The molecule has 2 aliphatic carbocycles. The minimum absolute atomic E-state index is 0.532. The van der Waals surface area contributed by atoms with Crippen LogP contribution in [0.5, 0.6) is 0 Å². The van der Waals surface area contributed by atoms with Gasteiger partial charge in [0.2, 0.25) is 0 Å². The molecule has 0 nitrogen and oxygen atoms in total. The molecule has 2 unspecified atom stereocenters. The van der Waals surface area contributed by atoms with E-state index in [1.165, 1.54) is 19.3 Å². The summed E-state index contributed by atoms with van der Waals surface area (Å²) >= 11 is 0. The Morgan fingerprint density at radius 3 is 2.67 bits per heavy atom. The fourth-order valence-corrected chi connectivity index (χ4v) is 2.73. The number of hydrogen-bond acceptors (Lipinski definition) is 0. The molecule has 0 aromatic carbocycles. The summed E-state index contributed by atoms with van der Waals surface area (Å²) in [5, 5.41) is 0. The molecule has 0 saturated heterocycles. The van der Waals surface area contributed by atoms with Crippen LogP contribution in [0, 0.1) is 17.3 Å². The van der Waals surface area contributed by atoms with Crippen molar-refractivity contribution in [2.24, 2.45) is 17.3 Å². The van der Waals surface area contributed by atoms with Crippen molar-refractivity contribution in [1.82, 2.24) is 0 Å². The van der Waals surface area contributed by atoms with Crippen LogP contribution in [-0.4, -0.2) is 0 Å². The number of hydrogen-bond donors (Lipinski definition) is 0. The summed E-state index contributed by atoms with van der Waals surface area (Å²) in [7, 11) is 0. The average Bonchev–Trinajstić information content (AvgIpc) is 2.04. The standard InChI is InChI=1S/C12H18/c1-12(2)9-5-7-10-6-3-4-8-11(10)12/h3-4,6,8,10-11H,5,7,9H2,1-2H3. The van der Waals surface area contributed by atoms with Crippen molar-refractivity contribution < 1.29 is 0 Å².